The van der Waals surface area contributed by atoms with Crippen LogP contribution in [0.25, 0.3) is 0 Å². The van der Waals surface area contributed by atoms with Crippen LogP contribution >= 0.6 is 0 Å². The van der Waals surface area contributed by atoms with Crippen molar-refractivity contribution in [1.82, 2.24) is 15.2 Å². The molecular formula is C15H23N3O3. The Kier molecular flexibility index (Phi) is 5.95. The summed E-state index contributed by atoms with van der Waals surface area (Å²) in [6.45, 7) is 4.56. The number of likely N-dealkylation sites (tertiary alicyclic amines) is 1. The van der Waals surface area contributed by atoms with Crippen molar-refractivity contribution in [2.75, 3.05) is 39.9 Å². The fourth-order valence-electron chi connectivity index (χ4n) is 2.53. The molecule has 1 aliphatic heterocycles. The molecule has 1 aromatic rings. The monoisotopic (exact) mass is 293 g/mol. The minimum absolute atomic E-state index is 0.131. The van der Waals surface area contributed by atoms with Crippen molar-refractivity contribution in [3.63, 3.8) is 0 Å². The molecule has 1 saturated heterocycles. The van der Waals surface area contributed by atoms with Crippen molar-refractivity contribution in [2.45, 2.75) is 12.8 Å². The molecule has 0 unspecified atom stereocenters. The third kappa shape index (κ3) is 4.99. The Bertz CT molecular complexity index is 487. The number of hydrogen-bond acceptors (Lipinski definition) is 4. The average molecular weight is 293 g/mol. The molecule has 116 valence electrons. The number of rotatable bonds is 6. The average Bonchev–Trinajstić information content (AvgIpc) is 2.52. The minimum Gasteiger partial charge on any atom is -0.383 e. The molecule has 0 aliphatic carbocycles. The van der Waals surface area contributed by atoms with Gasteiger partial charge in [0, 0.05) is 32.5 Å². The molecule has 2 rings (SSSR count). The van der Waals surface area contributed by atoms with Gasteiger partial charge in [-0.1, -0.05) is 0 Å². The van der Waals surface area contributed by atoms with Gasteiger partial charge in [-0.15, -0.1) is 0 Å². The lowest BCUT2D eigenvalue weighted by Gasteiger charge is -2.31. The van der Waals surface area contributed by atoms with Gasteiger partial charge in [-0.05, 0) is 37.9 Å². The van der Waals surface area contributed by atoms with Crippen molar-refractivity contribution in [3.8, 4) is 0 Å². The maximum absolute atomic E-state index is 11.9. The Morgan fingerprint density at radius 3 is 2.81 bits per heavy atom. The zero-order chi connectivity index (χ0) is 15.1. The lowest BCUT2D eigenvalue weighted by Crippen LogP contribution is -2.39. The SMILES string of the molecule is COCCN1CCC(CNC(=O)c2ccc(=O)[nH]c2)CC1. The lowest BCUT2D eigenvalue weighted by atomic mass is 9.97. The first-order valence-electron chi connectivity index (χ1n) is 7.37. The van der Waals surface area contributed by atoms with E-state index < -0.39 is 0 Å². The summed E-state index contributed by atoms with van der Waals surface area (Å²) in [7, 11) is 1.72. The van der Waals surface area contributed by atoms with E-state index in [0.717, 1.165) is 39.1 Å². The maximum Gasteiger partial charge on any atom is 0.252 e. The summed E-state index contributed by atoms with van der Waals surface area (Å²) >= 11 is 0. The zero-order valence-electron chi connectivity index (χ0n) is 12.4. The molecule has 21 heavy (non-hydrogen) atoms. The third-order valence-electron chi connectivity index (χ3n) is 3.92. The van der Waals surface area contributed by atoms with Crippen molar-refractivity contribution in [1.29, 1.82) is 0 Å². The van der Waals surface area contributed by atoms with Crippen LogP contribution in [0.2, 0.25) is 0 Å². The third-order valence-corrected chi connectivity index (χ3v) is 3.92. The second kappa shape index (κ2) is 7.95. The summed E-state index contributed by atoms with van der Waals surface area (Å²) in [6.07, 6.45) is 3.64. The number of aromatic amines is 1. The highest BCUT2D eigenvalue weighted by molar-refractivity contribution is 5.93. The van der Waals surface area contributed by atoms with Crippen LogP contribution in [0, 0.1) is 5.92 Å². The predicted octanol–water partition coefficient (Wildman–Crippen LogP) is 0.463. The Morgan fingerprint density at radius 2 is 2.19 bits per heavy atom. The lowest BCUT2D eigenvalue weighted by molar-refractivity contribution is 0.0925. The Morgan fingerprint density at radius 1 is 1.43 bits per heavy atom. The molecule has 0 bridgehead atoms. The summed E-state index contributed by atoms with van der Waals surface area (Å²) < 4.78 is 5.08. The van der Waals surface area contributed by atoms with Gasteiger partial charge in [0.25, 0.3) is 5.91 Å². The van der Waals surface area contributed by atoms with Gasteiger partial charge in [-0.3, -0.25) is 9.59 Å². The number of methoxy groups -OCH3 is 1. The number of H-pyrrole nitrogens is 1. The van der Waals surface area contributed by atoms with Crippen LogP contribution in [-0.4, -0.2) is 55.7 Å². The van der Waals surface area contributed by atoms with Crippen molar-refractivity contribution < 1.29 is 9.53 Å². The van der Waals surface area contributed by atoms with Crippen molar-refractivity contribution in [3.05, 3.63) is 34.2 Å². The van der Waals surface area contributed by atoms with Gasteiger partial charge in [0.2, 0.25) is 5.56 Å². The molecule has 6 nitrogen and oxygen atoms in total. The topological polar surface area (TPSA) is 74.4 Å². The molecule has 1 amide bonds. The number of nitrogens with zero attached hydrogens (tertiary/aromatic N) is 1. The highest BCUT2D eigenvalue weighted by Gasteiger charge is 2.19. The Hall–Kier alpha value is -1.66. The number of pyridine rings is 1. The number of nitrogens with one attached hydrogen (secondary N) is 2. The summed E-state index contributed by atoms with van der Waals surface area (Å²) in [6, 6.07) is 2.91. The summed E-state index contributed by atoms with van der Waals surface area (Å²) in [4.78, 5) is 27.8. The van der Waals surface area contributed by atoms with Crippen LogP contribution < -0.4 is 10.9 Å². The fraction of sp³-hybridized carbons (Fsp3) is 0.600. The molecule has 1 aromatic heterocycles. The van der Waals surface area contributed by atoms with Crippen LogP contribution in [0.4, 0.5) is 0 Å². The molecule has 1 aliphatic rings. The number of piperidine rings is 1. The van der Waals surface area contributed by atoms with E-state index >= 15 is 0 Å². The van der Waals surface area contributed by atoms with Crippen LogP contribution in [0.15, 0.2) is 23.1 Å². The molecule has 0 atom stereocenters. The van der Waals surface area contributed by atoms with E-state index in [-0.39, 0.29) is 11.5 Å². The Balaban J connectivity index is 1.71. The number of aromatic nitrogens is 1. The maximum atomic E-state index is 11.9. The molecule has 6 heteroatoms. The number of carbonyl (C=O) groups excluding carboxylic acids is 1. The minimum atomic E-state index is -0.199. The number of amides is 1. The highest BCUT2D eigenvalue weighted by atomic mass is 16.5. The standard InChI is InChI=1S/C15H23N3O3/c1-21-9-8-18-6-4-12(5-7-18)10-17-15(20)13-2-3-14(19)16-11-13/h2-3,11-12H,4-10H2,1H3,(H,16,19)(H,17,20). The van der Waals surface area contributed by atoms with Gasteiger partial charge >= 0.3 is 0 Å². The molecule has 2 heterocycles. The van der Waals surface area contributed by atoms with Gasteiger partial charge in [0.05, 0.1) is 12.2 Å². The molecule has 0 saturated carbocycles. The van der Waals surface area contributed by atoms with Gasteiger partial charge in [0.1, 0.15) is 0 Å². The molecule has 0 spiro atoms. The van der Waals surface area contributed by atoms with E-state index in [4.69, 9.17) is 4.74 Å². The van der Waals surface area contributed by atoms with E-state index in [9.17, 15) is 9.59 Å². The molecule has 0 radical (unpaired) electrons. The molecular weight excluding hydrogens is 270 g/mol. The molecule has 0 aromatic carbocycles. The number of carbonyl (C=O) groups is 1. The number of hydrogen-bond donors (Lipinski definition) is 2. The van der Waals surface area contributed by atoms with Gasteiger partial charge in [0.15, 0.2) is 0 Å². The number of ether oxygens (including phenoxy) is 1. The Labute approximate surface area is 124 Å². The quantitative estimate of drug-likeness (QED) is 0.799. The summed E-state index contributed by atoms with van der Waals surface area (Å²) in [5, 5.41) is 2.94. The largest absolute Gasteiger partial charge is 0.383 e. The van der Waals surface area contributed by atoms with Crippen LogP contribution in [0.5, 0.6) is 0 Å². The summed E-state index contributed by atoms with van der Waals surface area (Å²) in [5.41, 5.74) is 0.294. The van der Waals surface area contributed by atoms with Crippen LogP contribution in [0.1, 0.15) is 23.2 Å². The van der Waals surface area contributed by atoms with E-state index in [1.807, 2.05) is 0 Å². The van der Waals surface area contributed by atoms with Crippen LogP contribution in [-0.2, 0) is 4.74 Å². The van der Waals surface area contributed by atoms with Crippen molar-refractivity contribution in [2.24, 2.45) is 5.92 Å². The molecule has 2 N–H and O–H groups in total. The normalized spacial score (nSPS) is 16.8. The zero-order valence-corrected chi connectivity index (χ0v) is 12.4. The second-order valence-corrected chi connectivity index (χ2v) is 5.43. The highest BCUT2D eigenvalue weighted by Crippen LogP contribution is 2.16. The van der Waals surface area contributed by atoms with Crippen molar-refractivity contribution >= 4 is 5.91 Å². The van der Waals surface area contributed by atoms with Gasteiger partial charge < -0.3 is 19.9 Å². The summed E-state index contributed by atoms with van der Waals surface area (Å²) in [5.74, 6) is 0.392. The fourth-order valence-corrected chi connectivity index (χ4v) is 2.53. The first-order valence-corrected chi connectivity index (χ1v) is 7.37. The first kappa shape index (κ1) is 15.7. The first-order chi connectivity index (χ1) is 10.2. The second-order valence-electron chi connectivity index (χ2n) is 5.43. The van der Waals surface area contributed by atoms with E-state index in [1.54, 1.807) is 13.2 Å². The van der Waals surface area contributed by atoms with Gasteiger partial charge in [-0.25, -0.2) is 0 Å². The van der Waals surface area contributed by atoms with Crippen LogP contribution in [0.3, 0.4) is 0 Å². The van der Waals surface area contributed by atoms with Gasteiger partial charge in [-0.2, -0.15) is 0 Å². The van der Waals surface area contributed by atoms with E-state index in [2.05, 4.69) is 15.2 Å². The van der Waals surface area contributed by atoms with E-state index in [0.29, 0.717) is 18.0 Å². The smallest absolute Gasteiger partial charge is 0.252 e. The predicted molar refractivity (Wildman–Crippen MR) is 80.4 cm³/mol. The molecule has 1 fully saturated rings. The van der Waals surface area contributed by atoms with E-state index in [1.165, 1.54) is 12.3 Å².